The highest BCUT2D eigenvalue weighted by Crippen LogP contribution is 2.67. The van der Waals surface area contributed by atoms with E-state index in [1.807, 2.05) is 23.6 Å². The van der Waals surface area contributed by atoms with E-state index in [4.69, 9.17) is 4.74 Å². The first kappa shape index (κ1) is 30.1. The number of carbonyl (C=O) groups is 3. The smallest absolute Gasteiger partial charge is 0.247 e. The quantitative estimate of drug-likeness (QED) is 0.322. The van der Waals surface area contributed by atoms with Gasteiger partial charge in [-0.25, -0.2) is 0 Å². The molecule has 4 aliphatic heterocycles. The van der Waals surface area contributed by atoms with Crippen LogP contribution < -0.4 is 0 Å². The Kier molecular flexibility index (Phi) is 10.2. The van der Waals surface area contributed by atoms with Crippen molar-refractivity contribution in [3.8, 4) is 0 Å². The fraction of sp³-hybridized carbons (Fsp3) is 0.759. The van der Waals surface area contributed by atoms with E-state index in [-0.39, 0.29) is 29.6 Å². The molecular weight excluding hydrogens is 516 g/mol. The van der Waals surface area contributed by atoms with E-state index in [0.717, 1.165) is 38.9 Å². The fourth-order valence-corrected chi connectivity index (χ4v) is 9.29. The molecule has 3 amide bonds. The van der Waals surface area contributed by atoms with E-state index in [0.29, 0.717) is 45.8 Å². The number of hydrogen-bond donors (Lipinski definition) is 1. The lowest BCUT2D eigenvalue weighted by molar-refractivity contribution is -0.147. The van der Waals surface area contributed by atoms with E-state index in [2.05, 4.69) is 18.1 Å². The van der Waals surface area contributed by atoms with Crippen LogP contribution in [-0.4, -0.2) is 130 Å². The Morgan fingerprint density at radius 1 is 1.15 bits per heavy atom. The summed E-state index contributed by atoms with van der Waals surface area (Å²) in [4.78, 5) is 50.3. The molecule has 1 N–H and O–H groups in total. The van der Waals surface area contributed by atoms with Crippen molar-refractivity contribution < 1.29 is 24.2 Å². The summed E-state index contributed by atoms with van der Waals surface area (Å²) < 4.78 is 4.81. The molecule has 4 rings (SSSR count). The monoisotopic (exact) mass is 562 g/mol. The van der Waals surface area contributed by atoms with Gasteiger partial charge in [-0.1, -0.05) is 26.0 Å². The molecule has 0 aromatic carbocycles. The number of amides is 3. The van der Waals surface area contributed by atoms with Gasteiger partial charge in [0, 0.05) is 51.1 Å². The van der Waals surface area contributed by atoms with Crippen molar-refractivity contribution in [2.24, 2.45) is 11.8 Å². The van der Waals surface area contributed by atoms with Crippen molar-refractivity contribution in [3.05, 3.63) is 25.3 Å². The molecule has 4 aliphatic rings. The molecule has 4 fully saturated rings. The first-order chi connectivity index (χ1) is 18.9. The number of hydrogen-bond acceptors (Lipinski definition) is 7. The van der Waals surface area contributed by atoms with Crippen molar-refractivity contribution >= 4 is 29.5 Å². The lowest BCUT2D eigenvalue weighted by Gasteiger charge is -2.40. The number of thioether (sulfide) groups is 1. The largest absolute Gasteiger partial charge is 0.394 e. The molecule has 2 unspecified atom stereocenters. The molecule has 4 saturated heterocycles. The van der Waals surface area contributed by atoms with Gasteiger partial charge >= 0.3 is 0 Å². The van der Waals surface area contributed by atoms with Crippen molar-refractivity contribution in [2.75, 3.05) is 65.6 Å². The van der Waals surface area contributed by atoms with Gasteiger partial charge in [-0.05, 0) is 25.7 Å². The molecule has 4 heterocycles. The molecule has 39 heavy (non-hydrogen) atoms. The summed E-state index contributed by atoms with van der Waals surface area (Å²) in [6.45, 7) is 17.2. The maximum absolute atomic E-state index is 14.5. The van der Waals surface area contributed by atoms with E-state index in [9.17, 15) is 19.5 Å². The number of nitrogens with zero attached hydrogens (tertiary/aromatic N) is 4. The summed E-state index contributed by atoms with van der Waals surface area (Å²) in [5.74, 6) is -1.26. The second kappa shape index (κ2) is 13.2. The third kappa shape index (κ3) is 5.54. The SMILES string of the molecule is C=CCN(CCN1CCOCC1)C(=O)C1N([C@@H](CC)CO)C(=O)[C@@H]2[C@@H](C(=O)N(CC=C)CCC)[C@H]3CCC12S3. The van der Waals surface area contributed by atoms with Gasteiger partial charge in [0.05, 0.1) is 42.4 Å². The van der Waals surface area contributed by atoms with Crippen LogP contribution in [0.4, 0.5) is 0 Å². The van der Waals surface area contributed by atoms with Crippen LogP contribution in [0.25, 0.3) is 0 Å². The minimum Gasteiger partial charge on any atom is -0.394 e. The Morgan fingerprint density at radius 2 is 1.82 bits per heavy atom. The second-order valence-electron chi connectivity index (χ2n) is 11.1. The molecule has 6 atom stereocenters. The van der Waals surface area contributed by atoms with Crippen LogP contribution in [0.5, 0.6) is 0 Å². The predicted molar refractivity (Wildman–Crippen MR) is 153 cm³/mol. The summed E-state index contributed by atoms with van der Waals surface area (Å²) in [6, 6.07) is -1.17. The Morgan fingerprint density at radius 3 is 2.41 bits per heavy atom. The van der Waals surface area contributed by atoms with E-state index in [1.165, 1.54) is 0 Å². The lowest BCUT2D eigenvalue weighted by atomic mass is 9.70. The van der Waals surface area contributed by atoms with Gasteiger partial charge in [-0.2, -0.15) is 0 Å². The van der Waals surface area contributed by atoms with Gasteiger partial charge in [0.2, 0.25) is 17.7 Å². The highest BCUT2D eigenvalue weighted by Gasteiger charge is 2.74. The first-order valence-corrected chi connectivity index (χ1v) is 15.5. The Hall–Kier alpha value is -1.88. The molecule has 1 spiro atoms. The van der Waals surface area contributed by atoms with Gasteiger partial charge in [0.15, 0.2) is 0 Å². The molecule has 0 aromatic heterocycles. The second-order valence-corrected chi connectivity index (χ2v) is 12.7. The Bertz CT molecular complexity index is 923. The number of rotatable bonds is 14. The summed E-state index contributed by atoms with van der Waals surface area (Å²) >= 11 is 1.69. The molecule has 0 aromatic rings. The van der Waals surface area contributed by atoms with E-state index < -0.39 is 28.7 Å². The molecule has 0 aliphatic carbocycles. The maximum atomic E-state index is 14.5. The van der Waals surface area contributed by atoms with Crippen LogP contribution >= 0.6 is 11.8 Å². The van der Waals surface area contributed by atoms with E-state index >= 15 is 0 Å². The zero-order chi connectivity index (χ0) is 28.2. The predicted octanol–water partition coefficient (Wildman–Crippen LogP) is 1.62. The summed E-state index contributed by atoms with van der Waals surface area (Å²) in [6.07, 6.45) is 6.36. The number of fused-ring (bicyclic) bond motifs is 1. The number of aliphatic hydroxyl groups excluding tert-OH is 1. The third-order valence-corrected chi connectivity index (χ3v) is 10.9. The highest BCUT2D eigenvalue weighted by molar-refractivity contribution is 8.02. The summed E-state index contributed by atoms with van der Waals surface area (Å²) in [5, 5.41) is 10.3. The molecule has 2 bridgehead atoms. The van der Waals surface area contributed by atoms with Crippen LogP contribution in [0.2, 0.25) is 0 Å². The van der Waals surface area contributed by atoms with Gasteiger partial charge < -0.3 is 24.5 Å². The van der Waals surface area contributed by atoms with Crippen LogP contribution in [0, 0.1) is 11.8 Å². The first-order valence-electron chi connectivity index (χ1n) is 14.6. The van der Waals surface area contributed by atoms with Crippen LogP contribution in [0.15, 0.2) is 25.3 Å². The molecule has 10 heteroatoms. The van der Waals surface area contributed by atoms with Crippen LogP contribution in [-0.2, 0) is 19.1 Å². The number of ether oxygens (including phenoxy) is 1. The minimum atomic E-state index is -0.705. The standard InChI is InChI=1S/C29H46N4O5S/c1-5-11-31(12-6-2)26(35)23-22-9-10-29(39-22)24(23)27(36)33(21(8-4)20-34)25(29)28(37)32(13-7-3)15-14-30-16-18-38-19-17-30/h5,7,21-25,34H,1,3,6,8-20H2,2,4H3/t21-,22+,23-,24-,25?,29?/m0/s1. The molecular formula is C29H46N4O5S. The molecule has 0 radical (unpaired) electrons. The maximum Gasteiger partial charge on any atom is 0.247 e. The number of morpholine rings is 1. The van der Waals surface area contributed by atoms with Crippen LogP contribution in [0.3, 0.4) is 0 Å². The van der Waals surface area contributed by atoms with Gasteiger partial charge in [-0.3, -0.25) is 19.3 Å². The van der Waals surface area contributed by atoms with Crippen LogP contribution in [0.1, 0.15) is 39.5 Å². The van der Waals surface area contributed by atoms with Crippen molar-refractivity contribution in [1.29, 1.82) is 0 Å². The Balaban J connectivity index is 1.67. The number of carbonyl (C=O) groups excluding carboxylic acids is 3. The normalized spacial score (nSPS) is 30.7. The molecule has 0 saturated carbocycles. The summed E-state index contributed by atoms with van der Waals surface area (Å²) in [7, 11) is 0. The third-order valence-electron chi connectivity index (χ3n) is 8.94. The van der Waals surface area contributed by atoms with Crippen molar-refractivity contribution in [1.82, 2.24) is 19.6 Å². The van der Waals surface area contributed by atoms with E-state index in [1.54, 1.807) is 28.8 Å². The molecule has 218 valence electrons. The lowest BCUT2D eigenvalue weighted by Crippen LogP contribution is -2.58. The average Bonchev–Trinajstić information content (AvgIpc) is 3.59. The zero-order valence-corrected chi connectivity index (χ0v) is 24.4. The van der Waals surface area contributed by atoms with Crippen molar-refractivity contribution in [3.63, 3.8) is 0 Å². The highest BCUT2D eigenvalue weighted by atomic mass is 32.2. The van der Waals surface area contributed by atoms with Gasteiger partial charge in [0.25, 0.3) is 0 Å². The van der Waals surface area contributed by atoms with Gasteiger partial charge in [-0.15, -0.1) is 24.9 Å². The topological polar surface area (TPSA) is 93.6 Å². The molecule has 9 nitrogen and oxygen atoms in total. The zero-order valence-electron chi connectivity index (χ0n) is 23.6. The minimum absolute atomic E-state index is 0.00506. The number of aliphatic hydroxyl groups is 1. The number of likely N-dealkylation sites (tertiary alicyclic amines) is 1. The summed E-state index contributed by atoms with van der Waals surface area (Å²) in [5.41, 5.74) is 0. The van der Waals surface area contributed by atoms with Crippen molar-refractivity contribution in [2.45, 2.75) is 61.6 Å². The fourth-order valence-electron chi connectivity index (χ4n) is 7.09. The average molecular weight is 563 g/mol. The Labute approximate surface area is 237 Å². The van der Waals surface area contributed by atoms with Gasteiger partial charge in [0.1, 0.15) is 6.04 Å².